The van der Waals surface area contributed by atoms with Gasteiger partial charge in [0.15, 0.2) is 11.0 Å². The highest BCUT2D eigenvalue weighted by Gasteiger charge is 2.18. The summed E-state index contributed by atoms with van der Waals surface area (Å²) in [5.41, 5.74) is 6.01. The number of non-ortho nitro benzene ring substituents is 1. The first kappa shape index (κ1) is 27.5. The molecular formula is C28H28N6O4S. The minimum atomic E-state index is -0.483. The van der Waals surface area contributed by atoms with Gasteiger partial charge in [-0.05, 0) is 63.1 Å². The lowest BCUT2D eigenvalue weighted by atomic mass is 10.1. The Balaban J connectivity index is 1.53. The van der Waals surface area contributed by atoms with Crippen LogP contribution in [0, 0.1) is 37.8 Å². The molecule has 0 aliphatic rings. The normalized spacial score (nSPS) is 10.8. The van der Waals surface area contributed by atoms with Gasteiger partial charge in [0, 0.05) is 29.1 Å². The molecule has 0 saturated carbocycles. The van der Waals surface area contributed by atoms with Gasteiger partial charge in [-0.15, -0.1) is 5.10 Å². The lowest BCUT2D eigenvalue weighted by molar-refractivity contribution is -0.384. The first-order chi connectivity index (χ1) is 18.6. The largest absolute Gasteiger partial charge is 0.325 e. The van der Waals surface area contributed by atoms with Crippen LogP contribution in [0.3, 0.4) is 0 Å². The SMILES string of the molecule is Cc1ccc(NC(=O)CSc2nc(-c3ccc([N+](=O)[O-])cc3)nn2CC(=O)Nc2ccc(C)cc2C)c(C)c1. The van der Waals surface area contributed by atoms with Gasteiger partial charge in [0.05, 0.1) is 10.7 Å². The number of benzene rings is 3. The van der Waals surface area contributed by atoms with Crippen molar-refractivity contribution < 1.29 is 14.5 Å². The maximum Gasteiger partial charge on any atom is 0.269 e. The molecule has 3 aromatic carbocycles. The molecule has 0 radical (unpaired) electrons. The van der Waals surface area contributed by atoms with Gasteiger partial charge in [-0.1, -0.05) is 47.2 Å². The number of nitro benzene ring substituents is 1. The zero-order chi connectivity index (χ0) is 28.1. The highest BCUT2D eigenvalue weighted by atomic mass is 32.2. The van der Waals surface area contributed by atoms with Crippen LogP contribution in [0.15, 0.2) is 65.8 Å². The van der Waals surface area contributed by atoms with Crippen molar-refractivity contribution in [3.8, 4) is 11.4 Å². The monoisotopic (exact) mass is 544 g/mol. The van der Waals surface area contributed by atoms with Crippen LogP contribution in [0.4, 0.5) is 17.1 Å². The second-order valence-electron chi connectivity index (χ2n) is 9.20. The van der Waals surface area contributed by atoms with Gasteiger partial charge in [0.25, 0.3) is 5.69 Å². The number of aromatic nitrogens is 3. The van der Waals surface area contributed by atoms with Crippen molar-refractivity contribution in [2.45, 2.75) is 39.4 Å². The van der Waals surface area contributed by atoms with E-state index in [1.54, 1.807) is 12.1 Å². The van der Waals surface area contributed by atoms with Gasteiger partial charge in [-0.25, -0.2) is 9.67 Å². The zero-order valence-electron chi connectivity index (χ0n) is 22.0. The Bertz CT molecular complexity index is 1550. The molecule has 1 aromatic heterocycles. The van der Waals surface area contributed by atoms with Crippen LogP contribution in [-0.2, 0) is 16.1 Å². The Labute approximate surface area is 230 Å². The van der Waals surface area contributed by atoms with Gasteiger partial charge in [-0.2, -0.15) is 0 Å². The molecule has 0 aliphatic heterocycles. The first-order valence-electron chi connectivity index (χ1n) is 12.2. The number of nitrogens with zero attached hydrogens (tertiary/aromatic N) is 4. The van der Waals surface area contributed by atoms with E-state index in [0.29, 0.717) is 22.2 Å². The molecule has 4 rings (SSSR count). The smallest absolute Gasteiger partial charge is 0.269 e. The molecule has 0 aliphatic carbocycles. The molecule has 2 N–H and O–H groups in total. The molecule has 0 atom stereocenters. The number of carbonyl (C=O) groups is 2. The standard InChI is InChI=1S/C28H28N6O4S/c1-17-5-11-23(19(3)13-17)29-25(35)15-33-28(31-27(32-33)21-7-9-22(10-8-21)34(37)38)39-16-26(36)30-24-12-6-18(2)14-20(24)4/h5-14H,15-16H2,1-4H3,(H,29,35)(H,30,36). The molecule has 0 fully saturated rings. The van der Waals surface area contributed by atoms with Gasteiger partial charge in [0.2, 0.25) is 11.8 Å². The van der Waals surface area contributed by atoms with E-state index in [0.717, 1.165) is 39.7 Å². The molecule has 11 heteroatoms. The number of carbonyl (C=O) groups excluding carboxylic acids is 2. The van der Waals surface area contributed by atoms with Crippen LogP contribution in [0.1, 0.15) is 22.3 Å². The third kappa shape index (κ3) is 7.08. The highest BCUT2D eigenvalue weighted by Crippen LogP contribution is 2.25. The van der Waals surface area contributed by atoms with E-state index in [1.165, 1.54) is 16.8 Å². The average molecular weight is 545 g/mol. The van der Waals surface area contributed by atoms with E-state index in [4.69, 9.17) is 0 Å². The van der Waals surface area contributed by atoms with Crippen LogP contribution in [0.25, 0.3) is 11.4 Å². The summed E-state index contributed by atoms with van der Waals surface area (Å²) in [6.07, 6.45) is 0. The molecule has 4 aromatic rings. The number of aryl methyl sites for hydroxylation is 4. The lowest BCUT2D eigenvalue weighted by Crippen LogP contribution is -2.21. The van der Waals surface area contributed by atoms with Crippen molar-refractivity contribution in [3.05, 3.63) is 93.0 Å². The molecule has 0 saturated heterocycles. The summed E-state index contributed by atoms with van der Waals surface area (Å²) in [4.78, 5) is 40.7. The van der Waals surface area contributed by atoms with Gasteiger partial charge >= 0.3 is 0 Å². The summed E-state index contributed by atoms with van der Waals surface area (Å²) in [6.45, 7) is 7.68. The summed E-state index contributed by atoms with van der Waals surface area (Å²) >= 11 is 1.15. The third-order valence-corrected chi connectivity index (χ3v) is 6.88. The number of thioether (sulfide) groups is 1. The number of hydrogen-bond acceptors (Lipinski definition) is 7. The van der Waals surface area contributed by atoms with E-state index < -0.39 is 4.92 Å². The summed E-state index contributed by atoms with van der Waals surface area (Å²) in [5, 5.41) is 21.7. The van der Waals surface area contributed by atoms with E-state index in [-0.39, 0.29) is 29.8 Å². The zero-order valence-corrected chi connectivity index (χ0v) is 22.8. The molecule has 200 valence electrons. The Morgan fingerprint density at radius 2 is 1.44 bits per heavy atom. The first-order valence-corrected chi connectivity index (χ1v) is 13.1. The van der Waals surface area contributed by atoms with Crippen LogP contribution in [0.5, 0.6) is 0 Å². The minimum Gasteiger partial charge on any atom is -0.325 e. The number of hydrogen-bond donors (Lipinski definition) is 2. The van der Waals surface area contributed by atoms with Crippen molar-refractivity contribution >= 4 is 40.6 Å². The predicted octanol–water partition coefficient (Wildman–Crippen LogP) is 5.46. The summed E-state index contributed by atoms with van der Waals surface area (Å²) in [6, 6.07) is 17.4. The molecule has 0 bridgehead atoms. The van der Waals surface area contributed by atoms with E-state index in [2.05, 4.69) is 20.7 Å². The Hall–Kier alpha value is -4.51. The molecule has 1 heterocycles. The number of amides is 2. The molecule has 10 nitrogen and oxygen atoms in total. The second kappa shape index (κ2) is 11.9. The Morgan fingerprint density at radius 3 is 1.97 bits per heavy atom. The predicted molar refractivity (Wildman–Crippen MR) is 152 cm³/mol. The number of anilines is 2. The second-order valence-corrected chi connectivity index (χ2v) is 10.1. The fourth-order valence-electron chi connectivity index (χ4n) is 3.94. The van der Waals surface area contributed by atoms with Gasteiger partial charge in [-0.3, -0.25) is 19.7 Å². The maximum atomic E-state index is 12.9. The van der Waals surface area contributed by atoms with E-state index in [1.807, 2.05) is 64.1 Å². The van der Waals surface area contributed by atoms with Crippen LogP contribution >= 0.6 is 11.8 Å². The maximum absolute atomic E-state index is 12.9. The molecule has 2 amide bonds. The fourth-order valence-corrected chi connectivity index (χ4v) is 4.68. The van der Waals surface area contributed by atoms with Crippen LogP contribution in [-0.4, -0.2) is 37.3 Å². The number of nitro groups is 1. The molecule has 0 spiro atoms. The van der Waals surface area contributed by atoms with Gasteiger partial charge < -0.3 is 10.6 Å². The topological polar surface area (TPSA) is 132 Å². The van der Waals surface area contributed by atoms with Crippen molar-refractivity contribution in [2.24, 2.45) is 0 Å². The Morgan fingerprint density at radius 1 is 0.872 bits per heavy atom. The fraction of sp³-hybridized carbons (Fsp3) is 0.214. The molecule has 39 heavy (non-hydrogen) atoms. The highest BCUT2D eigenvalue weighted by molar-refractivity contribution is 7.99. The van der Waals surface area contributed by atoms with E-state index >= 15 is 0 Å². The van der Waals surface area contributed by atoms with Gasteiger partial charge in [0.1, 0.15) is 6.54 Å². The molecule has 0 unspecified atom stereocenters. The minimum absolute atomic E-state index is 0.0460. The van der Waals surface area contributed by atoms with E-state index in [9.17, 15) is 19.7 Å². The summed E-state index contributed by atoms with van der Waals surface area (Å²) < 4.78 is 1.44. The van der Waals surface area contributed by atoms with Crippen molar-refractivity contribution in [1.29, 1.82) is 0 Å². The van der Waals surface area contributed by atoms with Crippen molar-refractivity contribution in [1.82, 2.24) is 14.8 Å². The van der Waals surface area contributed by atoms with Crippen molar-refractivity contribution in [3.63, 3.8) is 0 Å². The number of nitrogens with one attached hydrogen (secondary N) is 2. The average Bonchev–Trinajstić information content (AvgIpc) is 3.28. The Kier molecular flexibility index (Phi) is 8.40. The van der Waals surface area contributed by atoms with Crippen LogP contribution in [0.2, 0.25) is 0 Å². The molecular weight excluding hydrogens is 516 g/mol. The summed E-state index contributed by atoms with van der Waals surface area (Å²) in [7, 11) is 0. The third-order valence-electron chi connectivity index (χ3n) is 5.91. The lowest BCUT2D eigenvalue weighted by Gasteiger charge is -2.11. The number of rotatable bonds is 9. The quantitative estimate of drug-likeness (QED) is 0.162. The van der Waals surface area contributed by atoms with Crippen LogP contribution < -0.4 is 10.6 Å². The summed E-state index contributed by atoms with van der Waals surface area (Å²) in [5.74, 6) is -0.187. The van der Waals surface area contributed by atoms with Crippen molar-refractivity contribution in [2.75, 3.05) is 16.4 Å².